The van der Waals surface area contributed by atoms with E-state index in [0.29, 0.717) is 35.7 Å². The molecule has 6 heteroatoms. The van der Waals surface area contributed by atoms with Gasteiger partial charge in [-0.15, -0.1) is 0 Å². The number of hydrogen-bond acceptors (Lipinski definition) is 2. The topological polar surface area (TPSA) is 47.2 Å². The van der Waals surface area contributed by atoms with Gasteiger partial charge in [0.2, 0.25) is 0 Å². The molecular weight excluding hydrogens is 326 g/mol. The number of carbonyl (C=O) groups is 1. The Balaban J connectivity index is 1.58. The maximum absolute atomic E-state index is 13.3. The molecule has 0 spiro atoms. The van der Waals surface area contributed by atoms with Crippen molar-refractivity contribution >= 4 is 5.91 Å². The third-order valence-corrected chi connectivity index (χ3v) is 4.68. The Morgan fingerprint density at radius 2 is 1.96 bits per heavy atom. The molecule has 2 aromatic rings. The summed E-state index contributed by atoms with van der Waals surface area (Å²) >= 11 is 0. The Labute approximate surface area is 145 Å². The molecule has 0 unspecified atom stereocenters. The number of benzene rings is 1. The zero-order valence-electron chi connectivity index (χ0n) is 13.8. The number of likely N-dealkylation sites (tertiary alicyclic amines) is 1. The molecule has 1 amide bonds. The Morgan fingerprint density at radius 1 is 1.20 bits per heavy atom. The van der Waals surface area contributed by atoms with Crippen molar-refractivity contribution in [3.8, 4) is 0 Å². The van der Waals surface area contributed by atoms with Gasteiger partial charge in [0.1, 0.15) is 0 Å². The Hall–Kier alpha value is -2.50. The van der Waals surface area contributed by atoms with Gasteiger partial charge in [-0.25, -0.2) is 8.78 Å². The van der Waals surface area contributed by atoms with E-state index in [0.717, 1.165) is 30.9 Å². The molecule has 1 aliphatic heterocycles. The van der Waals surface area contributed by atoms with E-state index in [1.54, 1.807) is 6.07 Å². The lowest BCUT2D eigenvalue weighted by atomic mass is 9.91. The summed E-state index contributed by atoms with van der Waals surface area (Å²) in [4.78, 5) is 14.3. The maximum Gasteiger partial charge on any atom is 0.254 e. The molecule has 4 nitrogen and oxygen atoms in total. The fraction of sp³-hybridized carbons (Fsp3) is 0.368. The fourth-order valence-corrected chi connectivity index (χ4v) is 3.29. The number of pyridine rings is 1. The van der Waals surface area contributed by atoms with Crippen LogP contribution in [0.1, 0.15) is 35.2 Å². The highest BCUT2D eigenvalue weighted by Gasteiger charge is 2.24. The molecule has 0 bridgehead atoms. The summed E-state index contributed by atoms with van der Waals surface area (Å²) in [5.74, 6) is -1.39. The number of halogens is 2. The minimum Gasteiger partial charge on any atom is -0.619 e. The van der Waals surface area contributed by atoms with Crippen LogP contribution in [0, 0.1) is 22.8 Å². The minimum atomic E-state index is -0.833. The standard InChI is InChI=1S/C19H20F2N2O2/c20-17-6-5-14(12-18(17)21)3-4-15-2-1-9-22(13-15)19(24)16-7-10-23(25)11-8-16/h5-8,10-12,15H,1-4,9,13H2/t15-/m1/s1. The zero-order chi connectivity index (χ0) is 17.8. The number of hydrogen-bond donors (Lipinski definition) is 0. The van der Waals surface area contributed by atoms with E-state index < -0.39 is 11.6 Å². The van der Waals surface area contributed by atoms with Crippen LogP contribution >= 0.6 is 0 Å². The third kappa shape index (κ3) is 4.32. The van der Waals surface area contributed by atoms with Crippen molar-refractivity contribution in [2.75, 3.05) is 13.1 Å². The van der Waals surface area contributed by atoms with Crippen molar-refractivity contribution in [2.24, 2.45) is 5.92 Å². The molecule has 0 saturated carbocycles. The second-order valence-corrected chi connectivity index (χ2v) is 6.49. The molecular formula is C19H20F2N2O2. The van der Waals surface area contributed by atoms with Crippen LogP contribution in [0.4, 0.5) is 8.78 Å². The molecule has 1 fully saturated rings. The molecule has 3 rings (SSSR count). The van der Waals surface area contributed by atoms with Gasteiger partial charge < -0.3 is 10.1 Å². The van der Waals surface area contributed by atoms with Gasteiger partial charge in [-0.3, -0.25) is 4.79 Å². The van der Waals surface area contributed by atoms with E-state index in [1.807, 2.05) is 4.90 Å². The second-order valence-electron chi connectivity index (χ2n) is 6.49. The molecule has 0 aliphatic carbocycles. The van der Waals surface area contributed by atoms with Crippen molar-refractivity contribution in [1.82, 2.24) is 4.90 Å². The number of carbonyl (C=O) groups excluding carboxylic acids is 1. The van der Waals surface area contributed by atoms with E-state index in [4.69, 9.17) is 0 Å². The number of aryl methyl sites for hydroxylation is 1. The van der Waals surface area contributed by atoms with Gasteiger partial charge in [0.15, 0.2) is 24.0 Å². The van der Waals surface area contributed by atoms with Crippen LogP contribution in [0.15, 0.2) is 42.7 Å². The van der Waals surface area contributed by atoms with Gasteiger partial charge in [-0.2, -0.15) is 4.73 Å². The third-order valence-electron chi connectivity index (χ3n) is 4.68. The zero-order valence-corrected chi connectivity index (χ0v) is 13.8. The van der Waals surface area contributed by atoms with Crippen molar-refractivity contribution < 1.29 is 18.3 Å². The van der Waals surface area contributed by atoms with Crippen LogP contribution in [0.5, 0.6) is 0 Å². The minimum absolute atomic E-state index is 0.0712. The van der Waals surface area contributed by atoms with Crippen LogP contribution in [-0.4, -0.2) is 23.9 Å². The van der Waals surface area contributed by atoms with Gasteiger partial charge in [0, 0.05) is 25.2 Å². The second kappa shape index (κ2) is 7.59. The van der Waals surface area contributed by atoms with Gasteiger partial charge in [-0.05, 0) is 49.3 Å². The summed E-state index contributed by atoms with van der Waals surface area (Å²) in [7, 11) is 0. The lowest BCUT2D eigenvalue weighted by Crippen LogP contribution is -2.40. The highest BCUT2D eigenvalue weighted by atomic mass is 19.2. The Bertz CT molecular complexity index is 750. The molecule has 0 radical (unpaired) electrons. The highest BCUT2D eigenvalue weighted by Crippen LogP contribution is 2.23. The van der Waals surface area contributed by atoms with Crippen molar-refractivity contribution in [3.63, 3.8) is 0 Å². The summed E-state index contributed by atoms with van der Waals surface area (Å²) in [5, 5.41) is 11.1. The number of nitrogens with zero attached hydrogens (tertiary/aromatic N) is 2. The quantitative estimate of drug-likeness (QED) is 0.631. The number of rotatable bonds is 4. The molecule has 1 saturated heterocycles. The van der Waals surface area contributed by atoms with Crippen molar-refractivity contribution in [2.45, 2.75) is 25.7 Å². The molecule has 1 atom stereocenters. The highest BCUT2D eigenvalue weighted by molar-refractivity contribution is 5.94. The Morgan fingerprint density at radius 3 is 2.68 bits per heavy atom. The van der Waals surface area contributed by atoms with Crippen molar-refractivity contribution in [1.29, 1.82) is 0 Å². The largest absolute Gasteiger partial charge is 0.619 e. The van der Waals surface area contributed by atoms with E-state index in [-0.39, 0.29) is 5.91 Å². The van der Waals surface area contributed by atoms with Crippen LogP contribution in [0.3, 0.4) is 0 Å². The smallest absolute Gasteiger partial charge is 0.254 e. The summed E-state index contributed by atoms with van der Waals surface area (Å²) in [6.45, 7) is 1.35. The van der Waals surface area contributed by atoms with Gasteiger partial charge >= 0.3 is 0 Å². The first-order valence-electron chi connectivity index (χ1n) is 8.45. The first-order chi connectivity index (χ1) is 12.0. The molecule has 1 aromatic carbocycles. The van der Waals surface area contributed by atoms with Gasteiger partial charge in [0.05, 0.1) is 5.56 Å². The van der Waals surface area contributed by atoms with E-state index in [9.17, 15) is 18.8 Å². The van der Waals surface area contributed by atoms with Gasteiger partial charge in [0.25, 0.3) is 5.91 Å². The predicted molar refractivity (Wildman–Crippen MR) is 88.7 cm³/mol. The molecule has 1 aliphatic rings. The summed E-state index contributed by atoms with van der Waals surface area (Å²) < 4.78 is 26.9. The van der Waals surface area contributed by atoms with Crippen LogP contribution in [0.2, 0.25) is 0 Å². The number of amides is 1. The molecule has 2 heterocycles. The SMILES string of the molecule is O=C(c1cc[n+]([O-])cc1)N1CCC[C@H](CCc2ccc(F)c(F)c2)C1. The van der Waals surface area contributed by atoms with Crippen LogP contribution in [-0.2, 0) is 6.42 Å². The van der Waals surface area contributed by atoms with Crippen LogP contribution in [0.25, 0.3) is 0 Å². The molecule has 1 aromatic heterocycles. The predicted octanol–water partition coefficient (Wildman–Crippen LogP) is 3.08. The molecule has 132 valence electrons. The van der Waals surface area contributed by atoms with E-state index in [1.165, 1.54) is 30.6 Å². The Kier molecular flexibility index (Phi) is 5.26. The summed E-state index contributed by atoms with van der Waals surface area (Å²) in [5.41, 5.74) is 1.28. The molecule has 0 N–H and O–H groups in total. The fourth-order valence-electron chi connectivity index (χ4n) is 3.29. The van der Waals surface area contributed by atoms with Crippen LogP contribution < -0.4 is 4.73 Å². The van der Waals surface area contributed by atoms with E-state index >= 15 is 0 Å². The molecule has 25 heavy (non-hydrogen) atoms. The summed E-state index contributed by atoms with van der Waals surface area (Å²) in [6, 6.07) is 7.05. The lowest BCUT2D eigenvalue weighted by molar-refractivity contribution is -0.605. The van der Waals surface area contributed by atoms with E-state index in [2.05, 4.69) is 0 Å². The maximum atomic E-state index is 13.3. The summed E-state index contributed by atoms with van der Waals surface area (Å²) in [6.07, 6.45) is 6.05. The number of piperidine rings is 1. The lowest BCUT2D eigenvalue weighted by Gasteiger charge is -2.33. The number of aromatic nitrogens is 1. The normalized spacial score (nSPS) is 17.5. The average molecular weight is 346 g/mol. The monoisotopic (exact) mass is 346 g/mol. The first kappa shape index (κ1) is 17.3. The van der Waals surface area contributed by atoms with Crippen molar-refractivity contribution in [3.05, 3.63) is 70.7 Å². The van der Waals surface area contributed by atoms with Gasteiger partial charge in [-0.1, -0.05) is 6.07 Å². The average Bonchev–Trinajstić information content (AvgIpc) is 2.63. The first-order valence-corrected chi connectivity index (χ1v) is 8.45.